The molecule has 0 amide bonds. The summed E-state index contributed by atoms with van der Waals surface area (Å²) in [6.45, 7) is 3.21. The zero-order valence-electron chi connectivity index (χ0n) is 26.6. The largest absolute Gasteiger partial charge is 0.436 e. The van der Waals surface area contributed by atoms with Gasteiger partial charge in [0, 0.05) is 59.7 Å². The Morgan fingerprint density at radius 1 is 0.673 bits per heavy atom. The Kier molecular flexibility index (Phi) is 8.86. The molecule has 0 radical (unpaired) electrons. The monoisotopic (exact) mass is 696 g/mol. The number of imidazole rings is 1. The van der Waals surface area contributed by atoms with Gasteiger partial charge in [0.15, 0.2) is 11.2 Å². The van der Waals surface area contributed by atoms with Crippen LogP contribution in [0.25, 0.3) is 56.1 Å². The van der Waals surface area contributed by atoms with Crippen LogP contribution in [0.15, 0.2) is 88.0 Å². The molecule has 0 unspecified atom stereocenters. The Morgan fingerprint density at radius 3 is 1.90 bits per heavy atom. The maximum atomic E-state index is 6.21. The number of hydrogen-bond donors (Lipinski definition) is 2. The maximum Gasteiger partial charge on any atom is 0.227 e. The Bertz CT molecular complexity index is 2250. The number of halogens is 2. The van der Waals surface area contributed by atoms with Crippen molar-refractivity contribution < 1.29 is 18.3 Å². The first-order valence-electron chi connectivity index (χ1n) is 16.4. The maximum absolute atomic E-state index is 6.21. The van der Waals surface area contributed by atoms with Crippen LogP contribution in [0.5, 0.6) is 0 Å². The summed E-state index contributed by atoms with van der Waals surface area (Å²) >= 11 is 12.0. The summed E-state index contributed by atoms with van der Waals surface area (Å²) in [5, 5.41) is 4.78. The molecule has 5 heterocycles. The van der Waals surface area contributed by atoms with Crippen LogP contribution in [0.3, 0.4) is 0 Å². The summed E-state index contributed by atoms with van der Waals surface area (Å²) in [7, 11) is 0. The number of anilines is 2. The van der Waals surface area contributed by atoms with Crippen LogP contribution in [0, 0.1) is 0 Å². The van der Waals surface area contributed by atoms with Crippen molar-refractivity contribution in [2.75, 3.05) is 37.5 Å². The average molecular weight is 698 g/mol. The molecular formula is C37H34Cl2N6O4. The third-order valence-electron chi connectivity index (χ3n) is 8.98. The number of nitrogen functional groups attached to an aromatic ring is 1. The predicted molar refractivity (Wildman–Crippen MR) is 193 cm³/mol. The van der Waals surface area contributed by atoms with Gasteiger partial charge in [-0.25, -0.2) is 15.0 Å². The van der Waals surface area contributed by atoms with Crippen LogP contribution in [-0.2, 0) is 9.47 Å². The molecule has 49 heavy (non-hydrogen) atoms. The number of nitrogens with two attached hydrogens (primary N) is 1. The average Bonchev–Trinajstić information content (AvgIpc) is 3.86. The number of aromatic nitrogens is 4. The third kappa shape index (κ3) is 6.82. The van der Waals surface area contributed by atoms with E-state index in [2.05, 4.69) is 30.9 Å². The first-order valence-corrected chi connectivity index (χ1v) is 17.1. The highest BCUT2D eigenvalue weighted by Gasteiger charge is 2.19. The predicted octanol–water partition coefficient (Wildman–Crippen LogP) is 9.17. The van der Waals surface area contributed by atoms with Gasteiger partial charge in [0.2, 0.25) is 11.8 Å². The smallest absolute Gasteiger partial charge is 0.227 e. The zero-order valence-corrected chi connectivity index (χ0v) is 28.1. The lowest BCUT2D eigenvalue weighted by Gasteiger charge is -2.24. The summed E-state index contributed by atoms with van der Waals surface area (Å²) in [6.07, 6.45) is 5.97. The first kappa shape index (κ1) is 31.6. The van der Waals surface area contributed by atoms with Crippen LogP contribution in [-0.4, -0.2) is 52.0 Å². The Hall–Kier alpha value is -4.61. The van der Waals surface area contributed by atoms with Crippen molar-refractivity contribution in [2.24, 2.45) is 0 Å². The molecule has 0 aliphatic carbocycles. The van der Waals surface area contributed by atoms with Gasteiger partial charge in [0.1, 0.15) is 11.0 Å². The van der Waals surface area contributed by atoms with Crippen molar-refractivity contribution in [1.29, 1.82) is 0 Å². The SMILES string of the molecule is Clc1ccc2oc(-c3ccc4c(c3)ncn4C3CCOCC3)nc2c1.Nc1cc(-c2nc3cc(Cl)ccc3o2)ccc1NC1CCOCC1. The number of nitrogens with zero attached hydrogens (tertiary/aromatic N) is 4. The second-order valence-electron chi connectivity index (χ2n) is 12.3. The number of ether oxygens (including phenoxy) is 2. The topological polar surface area (TPSA) is 126 Å². The molecule has 4 aromatic carbocycles. The minimum atomic E-state index is 0.401. The van der Waals surface area contributed by atoms with Gasteiger partial charge in [-0.15, -0.1) is 0 Å². The lowest BCUT2D eigenvalue weighted by atomic mass is 10.1. The molecule has 3 aromatic heterocycles. The molecule has 250 valence electrons. The number of oxazole rings is 2. The van der Waals surface area contributed by atoms with E-state index >= 15 is 0 Å². The van der Waals surface area contributed by atoms with Crippen LogP contribution >= 0.6 is 23.2 Å². The van der Waals surface area contributed by atoms with Crippen molar-refractivity contribution in [3.05, 3.63) is 89.2 Å². The molecule has 7 aromatic rings. The van der Waals surface area contributed by atoms with Crippen LogP contribution < -0.4 is 11.1 Å². The molecular weight excluding hydrogens is 663 g/mol. The fourth-order valence-corrected chi connectivity index (χ4v) is 6.69. The summed E-state index contributed by atoms with van der Waals surface area (Å²) in [5.41, 5.74) is 14.6. The molecule has 2 aliphatic heterocycles. The molecule has 9 rings (SSSR count). The van der Waals surface area contributed by atoms with Gasteiger partial charge in [0.25, 0.3) is 0 Å². The van der Waals surface area contributed by atoms with Crippen molar-refractivity contribution in [1.82, 2.24) is 19.5 Å². The van der Waals surface area contributed by atoms with E-state index in [1.54, 1.807) is 18.2 Å². The summed E-state index contributed by atoms with van der Waals surface area (Å²) in [4.78, 5) is 13.6. The van der Waals surface area contributed by atoms with Crippen LogP contribution in [0.4, 0.5) is 11.4 Å². The molecule has 10 nitrogen and oxygen atoms in total. The highest BCUT2D eigenvalue weighted by Crippen LogP contribution is 2.32. The number of nitrogens with one attached hydrogen (secondary N) is 1. The van der Waals surface area contributed by atoms with Gasteiger partial charge in [-0.3, -0.25) is 0 Å². The molecule has 0 bridgehead atoms. The van der Waals surface area contributed by atoms with E-state index in [4.69, 9.17) is 47.2 Å². The normalized spacial score (nSPS) is 15.9. The van der Waals surface area contributed by atoms with E-state index in [1.807, 2.05) is 54.9 Å². The molecule has 2 saturated heterocycles. The molecule has 0 saturated carbocycles. The highest BCUT2D eigenvalue weighted by molar-refractivity contribution is 6.31. The van der Waals surface area contributed by atoms with Gasteiger partial charge < -0.3 is 33.9 Å². The second-order valence-corrected chi connectivity index (χ2v) is 13.2. The summed E-state index contributed by atoms with van der Waals surface area (Å²) in [5.74, 6) is 1.12. The quantitative estimate of drug-likeness (QED) is 0.169. The van der Waals surface area contributed by atoms with Crippen molar-refractivity contribution in [3.63, 3.8) is 0 Å². The highest BCUT2D eigenvalue weighted by atomic mass is 35.5. The standard InChI is InChI=1S/C19H16ClN3O2.C18H18ClN3O2/c20-13-2-4-18-16(10-13)22-19(25-18)12-1-3-17-15(9-12)21-11-23(17)14-5-7-24-8-6-14;19-12-2-4-17-16(10-12)22-18(24-17)11-1-3-15(14(20)9-11)21-13-5-7-23-8-6-13/h1-4,9-11,14H,5-8H2;1-4,9-10,13,21H,5-8,20H2. The first-order chi connectivity index (χ1) is 24.0. The van der Waals surface area contributed by atoms with E-state index in [0.717, 1.165) is 96.6 Å². The molecule has 12 heteroatoms. The number of fused-ring (bicyclic) bond motifs is 3. The van der Waals surface area contributed by atoms with E-state index in [1.165, 1.54) is 0 Å². The lowest BCUT2D eigenvalue weighted by molar-refractivity contribution is 0.0706. The molecule has 2 aliphatic rings. The molecule has 0 atom stereocenters. The molecule has 3 N–H and O–H groups in total. The van der Waals surface area contributed by atoms with E-state index < -0.39 is 0 Å². The van der Waals surface area contributed by atoms with Gasteiger partial charge >= 0.3 is 0 Å². The zero-order chi connectivity index (χ0) is 33.3. The lowest BCUT2D eigenvalue weighted by Crippen LogP contribution is -2.28. The van der Waals surface area contributed by atoms with Crippen LogP contribution in [0.2, 0.25) is 10.0 Å². The minimum absolute atomic E-state index is 0.401. The Labute approximate surface area is 292 Å². The van der Waals surface area contributed by atoms with E-state index in [0.29, 0.717) is 45.2 Å². The second kappa shape index (κ2) is 13.7. The van der Waals surface area contributed by atoms with Crippen molar-refractivity contribution >= 4 is 67.8 Å². The summed E-state index contributed by atoms with van der Waals surface area (Å²) < 4.78 is 24.7. The number of rotatable bonds is 5. The van der Waals surface area contributed by atoms with Gasteiger partial charge in [-0.2, -0.15) is 0 Å². The van der Waals surface area contributed by atoms with Gasteiger partial charge in [-0.1, -0.05) is 23.2 Å². The Balaban J connectivity index is 0.000000142. The van der Waals surface area contributed by atoms with Crippen molar-refractivity contribution in [2.45, 2.75) is 37.8 Å². The van der Waals surface area contributed by atoms with Gasteiger partial charge in [0.05, 0.1) is 28.7 Å². The van der Waals surface area contributed by atoms with Crippen molar-refractivity contribution in [3.8, 4) is 22.9 Å². The number of benzene rings is 4. The third-order valence-corrected chi connectivity index (χ3v) is 9.45. The molecule has 0 spiro atoms. The fraction of sp³-hybridized carbons (Fsp3) is 0.270. The Morgan fingerprint density at radius 2 is 1.27 bits per heavy atom. The number of hydrogen-bond acceptors (Lipinski definition) is 9. The minimum Gasteiger partial charge on any atom is -0.436 e. The molecule has 2 fully saturated rings. The van der Waals surface area contributed by atoms with Crippen LogP contribution in [0.1, 0.15) is 31.7 Å². The fourth-order valence-electron chi connectivity index (χ4n) is 6.36. The van der Waals surface area contributed by atoms with E-state index in [-0.39, 0.29) is 0 Å². The summed E-state index contributed by atoms with van der Waals surface area (Å²) in [6, 6.07) is 23.7. The van der Waals surface area contributed by atoms with E-state index in [9.17, 15) is 0 Å². The van der Waals surface area contributed by atoms with Gasteiger partial charge in [-0.05, 0) is 98.5 Å².